The molecule has 1 aromatic rings. The van der Waals surface area contributed by atoms with Crippen molar-refractivity contribution in [1.82, 2.24) is 0 Å². The first-order chi connectivity index (χ1) is 6.50. The monoisotopic (exact) mass is 192 g/mol. The molecule has 0 amide bonds. The smallest absolute Gasteiger partial charge is 0.163 e. The number of phenolic OH excluding ortho intramolecular Hbond substituents is 1. The lowest BCUT2D eigenvalue weighted by Gasteiger charge is -2.07. The zero-order valence-corrected chi connectivity index (χ0v) is 8.87. The van der Waals surface area contributed by atoms with Crippen LogP contribution < -0.4 is 0 Å². The van der Waals surface area contributed by atoms with Crippen molar-refractivity contribution < 1.29 is 9.90 Å². The summed E-state index contributed by atoms with van der Waals surface area (Å²) in [5, 5.41) is 9.19. The van der Waals surface area contributed by atoms with E-state index in [0.29, 0.717) is 12.3 Å². The highest BCUT2D eigenvalue weighted by Crippen LogP contribution is 2.18. The van der Waals surface area contributed by atoms with Gasteiger partial charge < -0.3 is 5.11 Å². The minimum atomic E-state index is 0.150. The van der Waals surface area contributed by atoms with Crippen molar-refractivity contribution >= 4 is 5.78 Å². The van der Waals surface area contributed by atoms with E-state index in [2.05, 4.69) is 0 Å². The van der Waals surface area contributed by atoms with E-state index in [4.69, 9.17) is 0 Å². The Morgan fingerprint density at radius 1 is 1.43 bits per heavy atom. The minimum absolute atomic E-state index is 0.150. The summed E-state index contributed by atoms with van der Waals surface area (Å²) in [6.45, 7) is 5.88. The highest BCUT2D eigenvalue weighted by Gasteiger charge is 2.10. The van der Waals surface area contributed by atoms with Crippen molar-refractivity contribution in [2.24, 2.45) is 5.92 Å². The van der Waals surface area contributed by atoms with Crippen LogP contribution in [0, 0.1) is 12.8 Å². The van der Waals surface area contributed by atoms with Gasteiger partial charge in [-0.15, -0.1) is 0 Å². The lowest BCUT2D eigenvalue weighted by atomic mass is 9.98. The Kier molecular flexibility index (Phi) is 3.28. The van der Waals surface area contributed by atoms with Crippen molar-refractivity contribution in [2.45, 2.75) is 27.2 Å². The molecule has 0 unspecified atom stereocenters. The average Bonchev–Trinajstić information content (AvgIpc) is 2.01. The molecule has 0 atom stereocenters. The molecule has 2 nitrogen and oxygen atoms in total. The first-order valence-corrected chi connectivity index (χ1v) is 4.83. The van der Waals surface area contributed by atoms with Crippen LogP contribution in [0.2, 0.25) is 0 Å². The molecule has 1 aromatic carbocycles. The molecule has 0 aromatic heterocycles. The molecule has 1 rings (SSSR count). The first-order valence-electron chi connectivity index (χ1n) is 4.83. The summed E-state index contributed by atoms with van der Waals surface area (Å²) in [5.74, 6) is 0.733. The van der Waals surface area contributed by atoms with Crippen LogP contribution >= 0.6 is 0 Å². The van der Waals surface area contributed by atoms with Crippen LogP contribution in [-0.4, -0.2) is 10.9 Å². The van der Waals surface area contributed by atoms with Gasteiger partial charge >= 0.3 is 0 Å². The number of ketones is 1. The zero-order valence-electron chi connectivity index (χ0n) is 8.87. The summed E-state index contributed by atoms with van der Waals surface area (Å²) < 4.78 is 0. The van der Waals surface area contributed by atoms with Crippen molar-refractivity contribution in [3.8, 4) is 5.75 Å². The van der Waals surface area contributed by atoms with E-state index in [1.54, 1.807) is 18.2 Å². The van der Waals surface area contributed by atoms with Gasteiger partial charge in [0.25, 0.3) is 0 Å². The average molecular weight is 192 g/mol. The molecular weight excluding hydrogens is 176 g/mol. The second kappa shape index (κ2) is 4.27. The Morgan fingerprint density at radius 3 is 2.57 bits per heavy atom. The Hall–Kier alpha value is -1.31. The Bertz CT molecular complexity index is 340. The van der Waals surface area contributed by atoms with E-state index in [0.717, 1.165) is 11.1 Å². The lowest BCUT2D eigenvalue weighted by molar-refractivity contribution is 0.0967. The minimum Gasteiger partial charge on any atom is -0.508 e. The second-order valence-electron chi connectivity index (χ2n) is 4.02. The lowest BCUT2D eigenvalue weighted by Crippen LogP contribution is -2.05. The molecule has 1 N–H and O–H groups in total. The number of carbonyl (C=O) groups excluding carboxylic acids is 1. The van der Waals surface area contributed by atoms with Crippen LogP contribution in [-0.2, 0) is 0 Å². The number of hydrogen-bond donors (Lipinski definition) is 1. The van der Waals surface area contributed by atoms with Crippen molar-refractivity contribution in [1.29, 1.82) is 0 Å². The normalized spacial score (nSPS) is 10.6. The highest BCUT2D eigenvalue weighted by molar-refractivity contribution is 5.97. The van der Waals surface area contributed by atoms with Crippen molar-refractivity contribution in [2.75, 3.05) is 0 Å². The number of hydrogen-bond acceptors (Lipinski definition) is 2. The summed E-state index contributed by atoms with van der Waals surface area (Å²) in [7, 11) is 0. The highest BCUT2D eigenvalue weighted by atomic mass is 16.3. The summed E-state index contributed by atoms with van der Waals surface area (Å²) in [6.07, 6.45) is 0.561. The van der Waals surface area contributed by atoms with Crippen molar-refractivity contribution in [3.63, 3.8) is 0 Å². The molecule has 0 bridgehead atoms. The number of benzene rings is 1. The van der Waals surface area contributed by atoms with Crippen LogP contribution in [0.15, 0.2) is 18.2 Å². The predicted molar refractivity (Wildman–Crippen MR) is 56.6 cm³/mol. The topological polar surface area (TPSA) is 37.3 Å². The van der Waals surface area contributed by atoms with Crippen LogP contribution in [0.25, 0.3) is 0 Å². The molecule has 2 heteroatoms. The molecular formula is C12H16O2. The SMILES string of the molecule is Cc1cc(O)ccc1C(=O)CC(C)C. The van der Waals surface area contributed by atoms with Gasteiger partial charge in [-0.1, -0.05) is 13.8 Å². The molecule has 0 saturated carbocycles. The molecule has 0 fully saturated rings. The Labute approximate surface area is 84.6 Å². The molecule has 76 valence electrons. The number of aryl methyl sites for hydroxylation is 1. The summed E-state index contributed by atoms with van der Waals surface area (Å²) in [4.78, 5) is 11.7. The maximum absolute atomic E-state index is 11.7. The van der Waals surface area contributed by atoms with E-state index < -0.39 is 0 Å². The fourth-order valence-corrected chi connectivity index (χ4v) is 1.44. The van der Waals surface area contributed by atoms with Crippen LogP contribution in [0.4, 0.5) is 0 Å². The molecule has 0 radical (unpaired) electrons. The Morgan fingerprint density at radius 2 is 2.07 bits per heavy atom. The van der Waals surface area contributed by atoms with Crippen LogP contribution in [0.5, 0.6) is 5.75 Å². The van der Waals surface area contributed by atoms with E-state index in [-0.39, 0.29) is 11.5 Å². The van der Waals surface area contributed by atoms with Gasteiger partial charge in [0, 0.05) is 12.0 Å². The van der Waals surface area contributed by atoms with Gasteiger partial charge in [-0.3, -0.25) is 4.79 Å². The quantitative estimate of drug-likeness (QED) is 0.747. The molecule has 0 heterocycles. The van der Waals surface area contributed by atoms with Crippen LogP contribution in [0.1, 0.15) is 36.2 Å². The zero-order chi connectivity index (χ0) is 10.7. The third-order valence-corrected chi connectivity index (χ3v) is 2.10. The third-order valence-electron chi connectivity index (χ3n) is 2.10. The number of carbonyl (C=O) groups is 1. The number of phenols is 1. The fourth-order valence-electron chi connectivity index (χ4n) is 1.44. The number of aromatic hydroxyl groups is 1. The van der Waals surface area contributed by atoms with E-state index in [1.807, 2.05) is 20.8 Å². The molecule has 14 heavy (non-hydrogen) atoms. The van der Waals surface area contributed by atoms with Gasteiger partial charge in [-0.05, 0) is 36.6 Å². The van der Waals surface area contributed by atoms with Crippen LogP contribution in [0.3, 0.4) is 0 Å². The number of Topliss-reactive ketones (excluding diaryl/α,β-unsaturated/α-hetero) is 1. The van der Waals surface area contributed by atoms with Gasteiger partial charge in [-0.2, -0.15) is 0 Å². The largest absolute Gasteiger partial charge is 0.508 e. The number of rotatable bonds is 3. The predicted octanol–water partition coefficient (Wildman–Crippen LogP) is 2.93. The van der Waals surface area contributed by atoms with E-state index in [1.165, 1.54) is 0 Å². The summed E-state index contributed by atoms with van der Waals surface area (Å²) in [5.41, 5.74) is 1.56. The summed E-state index contributed by atoms with van der Waals surface area (Å²) >= 11 is 0. The molecule has 0 aliphatic carbocycles. The first kappa shape index (κ1) is 10.8. The summed E-state index contributed by atoms with van der Waals surface area (Å²) in [6, 6.07) is 4.86. The maximum atomic E-state index is 11.7. The molecule has 0 spiro atoms. The van der Waals surface area contributed by atoms with Gasteiger partial charge in [-0.25, -0.2) is 0 Å². The van der Waals surface area contributed by atoms with E-state index >= 15 is 0 Å². The van der Waals surface area contributed by atoms with Gasteiger partial charge in [0.05, 0.1) is 0 Å². The maximum Gasteiger partial charge on any atom is 0.163 e. The Balaban J connectivity index is 2.90. The van der Waals surface area contributed by atoms with E-state index in [9.17, 15) is 9.90 Å². The molecule has 0 aliphatic rings. The molecule has 0 saturated heterocycles. The van der Waals surface area contributed by atoms with Crippen molar-refractivity contribution in [3.05, 3.63) is 29.3 Å². The molecule has 0 aliphatic heterocycles. The fraction of sp³-hybridized carbons (Fsp3) is 0.417. The second-order valence-corrected chi connectivity index (χ2v) is 4.02. The standard InChI is InChI=1S/C12H16O2/c1-8(2)6-12(14)11-5-4-10(13)7-9(11)3/h4-5,7-8,13H,6H2,1-3H3. The van der Waals surface area contributed by atoms with Gasteiger partial charge in [0.2, 0.25) is 0 Å². The van der Waals surface area contributed by atoms with Gasteiger partial charge in [0.15, 0.2) is 5.78 Å². The third kappa shape index (κ3) is 2.59. The van der Waals surface area contributed by atoms with Gasteiger partial charge in [0.1, 0.15) is 5.75 Å².